The van der Waals surface area contributed by atoms with Crippen molar-refractivity contribution in [3.8, 4) is 11.1 Å². The number of hydrogen-bond donors (Lipinski definition) is 1. The van der Waals surface area contributed by atoms with E-state index in [1.165, 1.54) is 24.3 Å². The predicted octanol–water partition coefficient (Wildman–Crippen LogP) is 5.58. The fourth-order valence-electron chi connectivity index (χ4n) is 4.52. The number of amides is 3. The van der Waals surface area contributed by atoms with Gasteiger partial charge in [-0.3, -0.25) is 19.3 Å². The molecule has 0 fully saturated rings. The van der Waals surface area contributed by atoms with Gasteiger partial charge in [0.15, 0.2) is 0 Å². The molecular weight excluding hydrogens is 519 g/mol. The van der Waals surface area contributed by atoms with Crippen molar-refractivity contribution in [1.29, 1.82) is 0 Å². The molecule has 3 aromatic carbocycles. The number of carbonyl (C=O) groups is 4. The number of halogens is 1. The second-order valence-corrected chi connectivity index (χ2v) is 9.68. The molecule has 4 aromatic rings. The smallest absolute Gasteiger partial charge is 0.341 e. The van der Waals surface area contributed by atoms with Crippen LogP contribution in [0.2, 0.25) is 0 Å². The van der Waals surface area contributed by atoms with Crippen LogP contribution in [0, 0.1) is 5.82 Å². The van der Waals surface area contributed by atoms with Crippen molar-refractivity contribution in [2.75, 3.05) is 11.9 Å². The highest BCUT2D eigenvalue weighted by molar-refractivity contribution is 7.15. The molecule has 0 radical (unpaired) electrons. The largest absolute Gasteiger partial charge is 0.462 e. The van der Waals surface area contributed by atoms with Crippen LogP contribution in [-0.4, -0.2) is 41.2 Å². The molecule has 0 aliphatic carbocycles. The zero-order valence-electron chi connectivity index (χ0n) is 20.8. The number of ether oxygens (including phenoxy) is 1. The molecule has 1 N–H and O–H groups in total. The van der Waals surface area contributed by atoms with Crippen LogP contribution in [-0.2, 0) is 16.0 Å². The highest BCUT2D eigenvalue weighted by atomic mass is 32.1. The molecule has 1 aliphatic rings. The monoisotopic (exact) mass is 542 g/mol. The molecular formula is C30H23FN2O5S. The summed E-state index contributed by atoms with van der Waals surface area (Å²) in [5.74, 6) is -2.84. The number of fused-ring (bicyclic) bond motifs is 1. The molecule has 1 unspecified atom stereocenters. The average molecular weight is 543 g/mol. The number of hydrogen-bond acceptors (Lipinski definition) is 6. The number of benzene rings is 3. The molecule has 1 aromatic heterocycles. The molecule has 0 saturated carbocycles. The summed E-state index contributed by atoms with van der Waals surface area (Å²) in [5.41, 5.74) is 2.36. The first-order valence-corrected chi connectivity index (χ1v) is 13.1. The Morgan fingerprint density at radius 2 is 1.51 bits per heavy atom. The summed E-state index contributed by atoms with van der Waals surface area (Å²) in [6, 6.07) is 19.9. The minimum atomic E-state index is -1.19. The second-order valence-electron chi connectivity index (χ2n) is 8.80. The molecule has 1 atom stereocenters. The summed E-state index contributed by atoms with van der Waals surface area (Å²) >= 11 is 1.10. The van der Waals surface area contributed by atoms with Gasteiger partial charge in [-0.15, -0.1) is 11.3 Å². The fraction of sp³-hybridized carbons (Fsp3) is 0.133. The third kappa shape index (κ3) is 5.08. The van der Waals surface area contributed by atoms with Crippen molar-refractivity contribution < 1.29 is 28.3 Å². The quantitative estimate of drug-likeness (QED) is 0.232. The Labute approximate surface area is 227 Å². The second kappa shape index (κ2) is 11.0. The first-order chi connectivity index (χ1) is 18.9. The summed E-state index contributed by atoms with van der Waals surface area (Å²) < 4.78 is 18.8. The molecule has 0 spiro atoms. The number of rotatable bonds is 8. The zero-order chi connectivity index (χ0) is 27.5. The van der Waals surface area contributed by atoms with Crippen LogP contribution in [0.5, 0.6) is 0 Å². The SMILES string of the molecule is CCOC(=O)c1c(-c2ccc(F)cc2)csc1NC(=O)C(Cc1ccccc1)N1C(=O)c2ccccc2C1=O. The number of esters is 1. The van der Waals surface area contributed by atoms with Crippen LogP contribution in [0.15, 0.2) is 84.2 Å². The van der Waals surface area contributed by atoms with E-state index >= 15 is 0 Å². The van der Waals surface area contributed by atoms with E-state index in [1.54, 1.807) is 60.8 Å². The third-order valence-electron chi connectivity index (χ3n) is 6.37. The standard InChI is InChI=1S/C30H23FN2O5S/c1-2-38-30(37)25-23(19-12-14-20(31)15-13-19)17-39-27(25)32-26(34)24(16-18-8-4-3-5-9-18)33-28(35)21-10-6-7-11-22(21)29(33)36/h3-15,17,24H,2,16H2,1H3,(H,32,34). The highest BCUT2D eigenvalue weighted by Crippen LogP contribution is 2.37. The topological polar surface area (TPSA) is 92.8 Å². The van der Waals surface area contributed by atoms with Crippen molar-refractivity contribution in [3.63, 3.8) is 0 Å². The van der Waals surface area contributed by atoms with E-state index in [-0.39, 0.29) is 34.7 Å². The predicted molar refractivity (Wildman–Crippen MR) is 145 cm³/mol. The van der Waals surface area contributed by atoms with Gasteiger partial charge in [0.2, 0.25) is 5.91 Å². The Hall–Kier alpha value is -4.63. The molecule has 0 bridgehead atoms. The van der Waals surface area contributed by atoms with Gasteiger partial charge in [-0.1, -0.05) is 54.6 Å². The van der Waals surface area contributed by atoms with Gasteiger partial charge < -0.3 is 10.1 Å². The summed E-state index contributed by atoms with van der Waals surface area (Å²) in [7, 11) is 0. The molecule has 5 rings (SSSR count). The number of thiophene rings is 1. The normalized spacial score (nSPS) is 13.2. The summed E-state index contributed by atoms with van der Waals surface area (Å²) in [6.45, 7) is 1.77. The Kier molecular flexibility index (Phi) is 7.33. The minimum absolute atomic E-state index is 0.0725. The van der Waals surface area contributed by atoms with Gasteiger partial charge in [0, 0.05) is 17.4 Å². The van der Waals surface area contributed by atoms with E-state index in [0.29, 0.717) is 11.1 Å². The molecule has 9 heteroatoms. The van der Waals surface area contributed by atoms with Gasteiger partial charge in [-0.05, 0) is 42.3 Å². The number of nitrogens with zero attached hydrogens (tertiary/aromatic N) is 1. The van der Waals surface area contributed by atoms with Crippen LogP contribution in [0.25, 0.3) is 11.1 Å². The van der Waals surface area contributed by atoms with Gasteiger partial charge >= 0.3 is 5.97 Å². The number of nitrogens with one attached hydrogen (secondary N) is 1. The van der Waals surface area contributed by atoms with Gasteiger partial charge in [0.05, 0.1) is 17.7 Å². The van der Waals surface area contributed by atoms with E-state index in [2.05, 4.69) is 5.32 Å². The summed E-state index contributed by atoms with van der Waals surface area (Å²) in [4.78, 5) is 54.4. The molecule has 39 heavy (non-hydrogen) atoms. The Morgan fingerprint density at radius 3 is 2.13 bits per heavy atom. The van der Waals surface area contributed by atoms with Crippen LogP contribution < -0.4 is 5.32 Å². The number of anilines is 1. The van der Waals surface area contributed by atoms with Crippen LogP contribution in [0.1, 0.15) is 43.6 Å². The van der Waals surface area contributed by atoms with Crippen molar-refractivity contribution in [1.82, 2.24) is 4.90 Å². The first-order valence-electron chi connectivity index (χ1n) is 12.2. The lowest BCUT2D eigenvalue weighted by molar-refractivity contribution is -0.119. The zero-order valence-corrected chi connectivity index (χ0v) is 21.7. The Morgan fingerprint density at radius 1 is 0.897 bits per heavy atom. The molecule has 0 saturated heterocycles. The molecule has 7 nitrogen and oxygen atoms in total. The van der Waals surface area contributed by atoms with Gasteiger partial charge in [0.25, 0.3) is 11.8 Å². The number of carbonyl (C=O) groups excluding carboxylic acids is 4. The average Bonchev–Trinajstić information content (AvgIpc) is 3.47. The Balaban J connectivity index is 1.52. The number of imide groups is 1. The third-order valence-corrected chi connectivity index (χ3v) is 7.27. The summed E-state index contributed by atoms with van der Waals surface area (Å²) in [5, 5.41) is 4.65. The van der Waals surface area contributed by atoms with E-state index in [1.807, 2.05) is 6.07 Å². The van der Waals surface area contributed by atoms with Gasteiger partial charge in [-0.25, -0.2) is 9.18 Å². The lowest BCUT2D eigenvalue weighted by Gasteiger charge is -2.25. The van der Waals surface area contributed by atoms with Crippen molar-refractivity contribution >= 4 is 40.0 Å². The van der Waals surface area contributed by atoms with Gasteiger partial charge in [-0.2, -0.15) is 0 Å². The lowest BCUT2D eigenvalue weighted by Crippen LogP contribution is -2.48. The van der Waals surface area contributed by atoms with Crippen molar-refractivity contribution in [2.45, 2.75) is 19.4 Å². The van der Waals surface area contributed by atoms with E-state index in [0.717, 1.165) is 21.8 Å². The lowest BCUT2D eigenvalue weighted by atomic mass is 10.0. The van der Waals surface area contributed by atoms with E-state index < -0.39 is 35.5 Å². The maximum atomic E-state index is 13.8. The first kappa shape index (κ1) is 26.0. The summed E-state index contributed by atoms with van der Waals surface area (Å²) in [6.07, 6.45) is 0.0725. The van der Waals surface area contributed by atoms with Crippen molar-refractivity contribution in [3.05, 3.63) is 112 Å². The maximum Gasteiger partial charge on any atom is 0.341 e. The van der Waals surface area contributed by atoms with Crippen LogP contribution in [0.4, 0.5) is 9.39 Å². The van der Waals surface area contributed by atoms with Gasteiger partial charge in [0.1, 0.15) is 22.4 Å². The van der Waals surface area contributed by atoms with Crippen LogP contribution in [0.3, 0.4) is 0 Å². The highest BCUT2D eigenvalue weighted by Gasteiger charge is 2.43. The molecule has 2 heterocycles. The molecule has 1 aliphatic heterocycles. The molecule has 196 valence electrons. The fourth-order valence-corrected chi connectivity index (χ4v) is 5.48. The minimum Gasteiger partial charge on any atom is -0.462 e. The molecule has 3 amide bonds. The van der Waals surface area contributed by atoms with E-state index in [9.17, 15) is 23.6 Å². The van der Waals surface area contributed by atoms with Crippen molar-refractivity contribution in [2.24, 2.45) is 0 Å². The van der Waals surface area contributed by atoms with Crippen LogP contribution >= 0.6 is 11.3 Å². The Bertz CT molecular complexity index is 1530. The van der Waals surface area contributed by atoms with E-state index in [4.69, 9.17) is 4.74 Å². The maximum absolute atomic E-state index is 13.8.